The molecule has 3 nitrogen and oxygen atoms in total. The van der Waals surface area contributed by atoms with Crippen LogP contribution in [0.4, 0.5) is 0 Å². The summed E-state index contributed by atoms with van der Waals surface area (Å²) in [6, 6.07) is 0. The van der Waals surface area contributed by atoms with Crippen LogP contribution in [-0.2, 0) is 9.47 Å². The van der Waals surface area contributed by atoms with E-state index in [4.69, 9.17) is 9.47 Å². The summed E-state index contributed by atoms with van der Waals surface area (Å²) in [5.41, 5.74) is 0. The van der Waals surface area contributed by atoms with E-state index in [1.807, 2.05) is 0 Å². The molecule has 0 radical (unpaired) electrons. The molecule has 0 aliphatic carbocycles. The minimum atomic E-state index is -0.0197. The summed E-state index contributed by atoms with van der Waals surface area (Å²) in [6.45, 7) is 8.41. The molecule has 1 N–H and O–H groups in total. The van der Waals surface area contributed by atoms with Crippen LogP contribution < -0.4 is 5.32 Å². The van der Waals surface area contributed by atoms with E-state index in [1.54, 1.807) is 0 Å². The van der Waals surface area contributed by atoms with E-state index in [9.17, 15) is 0 Å². The molecule has 1 atom stereocenters. The fourth-order valence-electron chi connectivity index (χ4n) is 6.01. The predicted octanol–water partition coefficient (Wildman–Crippen LogP) is 13.0. The fraction of sp³-hybridized carbons (Fsp3) is 0.810. The van der Waals surface area contributed by atoms with Gasteiger partial charge in [-0.1, -0.05) is 140 Å². The highest BCUT2D eigenvalue weighted by Crippen LogP contribution is 2.20. The Morgan fingerprint density at radius 1 is 0.511 bits per heavy atom. The minimum Gasteiger partial charge on any atom is -0.352 e. The van der Waals surface area contributed by atoms with Crippen molar-refractivity contribution in [3.05, 3.63) is 48.6 Å². The molecule has 0 aromatic carbocycles. The van der Waals surface area contributed by atoms with Gasteiger partial charge in [0, 0.05) is 25.7 Å². The summed E-state index contributed by atoms with van der Waals surface area (Å²) < 4.78 is 12.7. The van der Waals surface area contributed by atoms with E-state index in [2.05, 4.69) is 67.8 Å². The Morgan fingerprint density at radius 3 is 1.31 bits per heavy atom. The molecule has 0 aromatic heterocycles. The Morgan fingerprint density at radius 2 is 0.911 bits per heavy atom. The molecule has 1 rings (SSSR count). The van der Waals surface area contributed by atoms with Crippen LogP contribution in [0, 0.1) is 5.92 Å². The van der Waals surface area contributed by atoms with Gasteiger partial charge in [-0.2, -0.15) is 0 Å². The molecule has 45 heavy (non-hydrogen) atoms. The highest BCUT2D eigenvalue weighted by molar-refractivity contribution is 4.93. The molecule has 0 amide bonds. The standard InChI is InChI=1S/C42H77NO2/c1-3-5-7-9-11-13-15-17-19-21-23-25-27-29-31-33-38-44-42(41-36-35-37-43-40-41)45-39-34-32-30-28-26-24-22-20-18-16-14-12-10-8-6-4-2/h11-14,17-20,41-43H,3-10,15-16,21-40H2,1-2H3/b13-11-,14-12-,19-17-,20-18-. The summed E-state index contributed by atoms with van der Waals surface area (Å²) in [5.74, 6) is 0.507. The van der Waals surface area contributed by atoms with Crippen molar-refractivity contribution in [1.82, 2.24) is 5.32 Å². The monoisotopic (exact) mass is 628 g/mol. The zero-order valence-corrected chi connectivity index (χ0v) is 30.3. The van der Waals surface area contributed by atoms with Crippen LogP contribution in [0.3, 0.4) is 0 Å². The van der Waals surface area contributed by atoms with Crippen LogP contribution in [0.1, 0.15) is 181 Å². The molecule has 1 unspecified atom stereocenters. The van der Waals surface area contributed by atoms with Crippen molar-refractivity contribution in [3.8, 4) is 0 Å². The largest absolute Gasteiger partial charge is 0.352 e. The summed E-state index contributed by atoms with van der Waals surface area (Å²) in [7, 11) is 0. The Labute approximate surface area is 282 Å². The van der Waals surface area contributed by atoms with Crippen molar-refractivity contribution in [2.75, 3.05) is 26.3 Å². The second kappa shape index (κ2) is 35.7. The van der Waals surface area contributed by atoms with Crippen molar-refractivity contribution >= 4 is 0 Å². The first kappa shape index (κ1) is 41.9. The van der Waals surface area contributed by atoms with E-state index in [0.29, 0.717) is 5.92 Å². The molecule has 1 saturated heterocycles. The number of piperidine rings is 1. The maximum absolute atomic E-state index is 6.34. The van der Waals surface area contributed by atoms with Gasteiger partial charge in [-0.3, -0.25) is 0 Å². The van der Waals surface area contributed by atoms with E-state index in [-0.39, 0.29) is 6.29 Å². The Balaban J connectivity index is 1.99. The van der Waals surface area contributed by atoms with Crippen LogP contribution in [0.25, 0.3) is 0 Å². The van der Waals surface area contributed by atoms with Crippen LogP contribution in [0.5, 0.6) is 0 Å². The van der Waals surface area contributed by atoms with Gasteiger partial charge in [0.05, 0.1) is 0 Å². The fourth-order valence-corrected chi connectivity index (χ4v) is 6.01. The molecular weight excluding hydrogens is 550 g/mol. The van der Waals surface area contributed by atoms with E-state index >= 15 is 0 Å². The molecule has 0 bridgehead atoms. The van der Waals surface area contributed by atoms with Crippen LogP contribution in [0.2, 0.25) is 0 Å². The van der Waals surface area contributed by atoms with Crippen LogP contribution >= 0.6 is 0 Å². The van der Waals surface area contributed by atoms with Gasteiger partial charge in [0.1, 0.15) is 0 Å². The number of rotatable bonds is 33. The maximum Gasteiger partial charge on any atom is 0.161 e. The Hall–Kier alpha value is -1.16. The quantitative estimate of drug-likeness (QED) is 0.0446. The lowest BCUT2D eigenvalue weighted by molar-refractivity contribution is -0.176. The molecule has 1 heterocycles. The van der Waals surface area contributed by atoms with Gasteiger partial charge < -0.3 is 14.8 Å². The molecule has 0 spiro atoms. The third-order valence-electron chi connectivity index (χ3n) is 8.97. The molecule has 1 aliphatic rings. The zero-order valence-electron chi connectivity index (χ0n) is 30.3. The smallest absolute Gasteiger partial charge is 0.161 e. The van der Waals surface area contributed by atoms with Gasteiger partial charge in [0.2, 0.25) is 0 Å². The molecule has 0 saturated carbocycles. The first-order chi connectivity index (χ1) is 22.4. The second-order valence-corrected chi connectivity index (χ2v) is 13.4. The molecular formula is C42H77NO2. The van der Waals surface area contributed by atoms with E-state index < -0.39 is 0 Å². The first-order valence-corrected chi connectivity index (χ1v) is 19.9. The summed E-state index contributed by atoms with van der Waals surface area (Å²) >= 11 is 0. The van der Waals surface area contributed by atoms with Gasteiger partial charge in [-0.15, -0.1) is 0 Å². The third-order valence-corrected chi connectivity index (χ3v) is 8.97. The van der Waals surface area contributed by atoms with E-state index in [1.165, 1.54) is 141 Å². The summed E-state index contributed by atoms with van der Waals surface area (Å²) in [6.07, 6.45) is 52.0. The number of allylic oxidation sites excluding steroid dienone is 8. The SMILES string of the molecule is CCCCC/C=C\C/C=C\CCCCCCCCOC(OCCCCCCCC/C=C\C/C=C\CCCCC)C1CCCNC1. The normalized spacial score (nSPS) is 16.1. The molecule has 262 valence electrons. The van der Waals surface area contributed by atoms with Gasteiger partial charge >= 0.3 is 0 Å². The van der Waals surface area contributed by atoms with Crippen molar-refractivity contribution in [3.63, 3.8) is 0 Å². The van der Waals surface area contributed by atoms with Crippen molar-refractivity contribution in [2.24, 2.45) is 5.92 Å². The number of hydrogen-bond acceptors (Lipinski definition) is 3. The second-order valence-electron chi connectivity index (χ2n) is 13.4. The van der Waals surface area contributed by atoms with Gasteiger partial charge in [0.25, 0.3) is 0 Å². The zero-order chi connectivity index (χ0) is 32.1. The Bertz CT molecular complexity index is 641. The summed E-state index contributed by atoms with van der Waals surface area (Å²) in [5, 5.41) is 3.56. The maximum atomic E-state index is 6.34. The van der Waals surface area contributed by atoms with Crippen molar-refractivity contribution in [1.29, 1.82) is 0 Å². The average Bonchev–Trinajstić information content (AvgIpc) is 3.07. The average molecular weight is 628 g/mol. The minimum absolute atomic E-state index is 0.0197. The molecule has 1 aliphatic heterocycles. The van der Waals surface area contributed by atoms with Crippen molar-refractivity contribution in [2.45, 2.75) is 187 Å². The first-order valence-electron chi connectivity index (χ1n) is 19.9. The van der Waals surface area contributed by atoms with Crippen LogP contribution in [0.15, 0.2) is 48.6 Å². The number of hydrogen-bond donors (Lipinski definition) is 1. The number of nitrogens with one attached hydrogen (secondary N) is 1. The molecule has 3 heteroatoms. The lowest BCUT2D eigenvalue weighted by atomic mass is 9.99. The number of unbranched alkanes of at least 4 members (excludes halogenated alkanes) is 18. The van der Waals surface area contributed by atoms with Crippen molar-refractivity contribution < 1.29 is 9.47 Å². The van der Waals surface area contributed by atoms with Gasteiger partial charge in [0.15, 0.2) is 6.29 Å². The molecule has 1 fully saturated rings. The highest BCUT2D eigenvalue weighted by atomic mass is 16.7. The predicted molar refractivity (Wildman–Crippen MR) is 200 cm³/mol. The highest BCUT2D eigenvalue weighted by Gasteiger charge is 2.24. The summed E-state index contributed by atoms with van der Waals surface area (Å²) in [4.78, 5) is 0. The molecule has 0 aromatic rings. The lowest BCUT2D eigenvalue weighted by Gasteiger charge is -2.30. The lowest BCUT2D eigenvalue weighted by Crippen LogP contribution is -2.39. The van der Waals surface area contributed by atoms with Crippen LogP contribution in [-0.4, -0.2) is 32.6 Å². The number of ether oxygens (including phenoxy) is 2. The van der Waals surface area contributed by atoms with Gasteiger partial charge in [-0.05, 0) is 96.4 Å². The topological polar surface area (TPSA) is 30.5 Å². The third kappa shape index (κ3) is 30.0. The van der Waals surface area contributed by atoms with E-state index in [0.717, 1.165) is 52.0 Å². The van der Waals surface area contributed by atoms with Gasteiger partial charge in [-0.25, -0.2) is 0 Å². The Kier molecular flexibility index (Phi) is 33.2.